The summed E-state index contributed by atoms with van der Waals surface area (Å²) in [5, 5.41) is 12.8. The molecular formula is C29H43N5O3. The Kier molecular flexibility index (Phi) is 8.33. The Labute approximate surface area is 221 Å². The van der Waals surface area contributed by atoms with Crippen LogP contribution in [0.25, 0.3) is 0 Å². The number of rotatable bonds is 5. The number of piperidine rings is 1. The zero-order valence-electron chi connectivity index (χ0n) is 23.1. The lowest BCUT2D eigenvalue weighted by molar-refractivity contribution is -0.131. The van der Waals surface area contributed by atoms with Crippen molar-refractivity contribution in [2.24, 2.45) is 5.92 Å². The van der Waals surface area contributed by atoms with Crippen LogP contribution in [0.3, 0.4) is 0 Å². The van der Waals surface area contributed by atoms with Gasteiger partial charge in [0.15, 0.2) is 0 Å². The first-order chi connectivity index (χ1) is 17.6. The summed E-state index contributed by atoms with van der Waals surface area (Å²) in [7, 11) is 0. The molecule has 2 amide bonds. The van der Waals surface area contributed by atoms with Crippen molar-refractivity contribution in [3.63, 3.8) is 0 Å². The molecule has 0 spiro atoms. The largest absolute Gasteiger partial charge is 0.444 e. The number of nitrogens with one attached hydrogen (secondary N) is 1. The molecule has 202 valence electrons. The van der Waals surface area contributed by atoms with Crippen molar-refractivity contribution in [3.8, 4) is 6.07 Å². The number of piperazine rings is 1. The number of hydrogen-bond donors (Lipinski definition) is 1. The van der Waals surface area contributed by atoms with Gasteiger partial charge >= 0.3 is 6.09 Å². The van der Waals surface area contributed by atoms with E-state index in [1.165, 1.54) is 25.1 Å². The number of ether oxygens (including phenoxy) is 1. The van der Waals surface area contributed by atoms with Gasteiger partial charge in [-0.3, -0.25) is 14.6 Å². The number of likely N-dealkylation sites (tertiary alicyclic amines) is 1. The lowest BCUT2D eigenvalue weighted by Crippen LogP contribution is -2.60. The third-order valence-corrected chi connectivity index (χ3v) is 8.03. The van der Waals surface area contributed by atoms with Crippen molar-refractivity contribution < 1.29 is 14.3 Å². The van der Waals surface area contributed by atoms with E-state index in [9.17, 15) is 14.9 Å². The molecule has 3 saturated heterocycles. The van der Waals surface area contributed by atoms with E-state index in [4.69, 9.17) is 4.74 Å². The monoisotopic (exact) mass is 509 g/mol. The molecular weight excluding hydrogens is 466 g/mol. The third kappa shape index (κ3) is 6.56. The first-order valence-corrected chi connectivity index (χ1v) is 13.8. The van der Waals surface area contributed by atoms with E-state index in [2.05, 4.69) is 45.5 Å². The van der Waals surface area contributed by atoms with Gasteiger partial charge in [-0.05, 0) is 83.5 Å². The van der Waals surface area contributed by atoms with Crippen molar-refractivity contribution in [1.29, 1.82) is 5.26 Å². The molecule has 3 aliphatic heterocycles. The van der Waals surface area contributed by atoms with Crippen LogP contribution in [0.5, 0.6) is 0 Å². The van der Waals surface area contributed by atoms with E-state index < -0.39 is 23.8 Å². The second kappa shape index (κ2) is 11.3. The van der Waals surface area contributed by atoms with Crippen LogP contribution in [0, 0.1) is 17.2 Å². The number of benzene rings is 1. The van der Waals surface area contributed by atoms with Crippen LogP contribution in [0.15, 0.2) is 24.3 Å². The summed E-state index contributed by atoms with van der Waals surface area (Å²) >= 11 is 0. The first kappa shape index (κ1) is 27.3. The van der Waals surface area contributed by atoms with E-state index in [0.717, 1.165) is 38.0 Å². The fraction of sp³-hybridized carbons (Fsp3) is 0.690. The summed E-state index contributed by atoms with van der Waals surface area (Å²) in [6.07, 6.45) is 4.17. The molecule has 5 atom stereocenters. The van der Waals surface area contributed by atoms with Crippen molar-refractivity contribution in [3.05, 3.63) is 29.8 Å². The van der Waals surface area contributed by atoms with Gasteiger partial charge in [0.05, 0.1) is 6.07 Å². The maximum Gasteiger partial charge on any atom is 0.411 e. The highest BCUT2D eigenvalue weighted by Gasteiger charge is 2.43. The predicted molar refractivity (Wildman–Crippen MR) is 144 cm³/mol. The lowest BCUT2D eigenvalue weighted by atomic mass is 9.86. The zero-order valence-corrected chi connectivity index (χ0v) is 23.1. The topological polar surface area (TPSA) is 88.9 Å². The van der Waals surface area contributed by atoms with Gasteiger partial charge in [-0.15, -0.1) is 0 Å². The number of amides is 2. The fourth-order valence-electron chi connectivity index (χ4n) is 6.03. The molecule has 1 aromatic rings. The SMILES string of the molecule is C[C@@H]1CC[C@H](C)N(C(=O)OC(C)(C)C)[C@@H]1C(=O)N[C@H](C#N)Cc1ccc(N2CCN3CCCC3C2)cc1. The Morgan fingerprint density at radius 3 is 2.51 bits per heavy atom. The smallest absolute Gasteiger partial charge is 0.411 e. The number of nitriles is 1. The van der Waals surface area contributed by atoms with Gasteiger partial charge in [0.1, 0.15) is 17.7 Å². The van der Waals surface area contributed by atoms with E-state index in [-0.39, 0.29) is 17.9 Å². The van der Waals surface area contributed by atoms with Crippen molar-refractivity contribution in [2.75, 3.05) is 31.1 Å². The molecule has 0 radical (unpaired) electrons. The average molecular weight is 510 g/mol. The standard InChI is InChI=1S/C29H43N5O3/c1-20-8-9-21(2)34(28(36)37-29(3,4)5)26(20)27(35)31-23(18-30)17-22-10-12-24(13-11-22)33-16-15-32-14-6-7-25(32)19-33/h10-13,20-21,23,25-26H,6-9,14-17,19H2,1-5H3,(H,31,35)/t20-,21+,23+,25?,26+/m1/s1. The molecule has 4 rings (SSSR count). The molecule has 1 N–H and O–H groups in total. The molecule has 0 bridgehead atoms. The van der Waals surface area contributed by atoms with Crippen LogP contribution in [-0.2, 0) is 16.0 Å². The van der Waals surface area contributed by atoms with Crippen molar-refractivity contribution in [1.82, 2.24) is 15.1 Å². The number of nitrogens with zero attached hydrogens (tertiary/aromatic N) is 4. The maximum atomic E-state index is 13.4. The van der Waals surface area contributed by atoms with Crippen LogP contribution in [0.4, 0.5) is 10.5 Å². The van der Waals surface area contributed by atoms with E-state index >= 15 is 0 Å². The zero-order chi connectivity index (χ0) is 26.7. The number of carbonyl (C=O) groups is 2. The molecule has 3 fully saturated rings. The summed E-state index contributed by atoms with van der Waals surface area (Å²) in [6, 6.07) is 9.85. The Morgan fingerprint density at radius 2 is 1.84 bits per heavy atom. The Hall–Kier alpha value is -2.79. The molecule has 8 nitrogen and oxygen atoms in total. The van der Waals surface area contributed by atoms with Crippen LogP contribution in [0.2, 0.25) is 0 Å². The predicted octanol–water partition coefficient (Wildman–Crippen LogP) is 3.95. The second-order valence-corrected chi connectivity index (χ2v) is 12.1. The molecule has 1 aromatic carbocycles. The average Bonchev–Trinajstić information content (AvgIpc) is 3.32. The first-order valence-electron chi connectivity index (χ1n) is 13.8. The summed E-state index contributed by atoms with van der Waals surface area (Å²) in [4.78, 5) is 33.1. The lowest BCUT2D eigenvalue weighted by Gasteiger charge is -2.43. The number of anilines is 1. The van der Waals surface area contributed by atoms with Crippen LogP contribution < -0.4 is 10.2 Å². The molecule has 0 aromatic heterocycles. The van der Waals surface area contributed by atoms with Gasteiger partial charge in [0, 0.05) is 43.8 Å². The maximum absolute atomic E-state index is 13.4. The number of hydrogen-bond acceptors (Lipinski definition) is 6. The highest BCUT2D eigenvalue weighted by molar-refractivity contribution is 5.87. The fourth-order valence-corrected chi connectivity index (χ4v) is 6.03. The third-order valence-electron chi connectivity index (χ3n) is 8.03. The number of carbonyl (C=O) groups excluding carboxylic acids is 2. The Bertz CT molecular complexity index is 998. The van der Waals surface area contributed by atoms with Crippen LogP contribution in [0.1, 0.15) is 65.9 Å². The second-order valence-electron chi connectivity index (χ2n) is 12.1. The highest BCUT2D eigenvalue weighted by atomic mass is 16.6. The van der Waals surface area contributed by atoms with Crippen molar-refractivity contribution in [2.45, 2.75) is 96.5 Å². The summed E-state index contributed by atoms with van der Waals surface area (Å²) in [6.45, 7) is 13.9. The number of fused-ring (bicyclic) bond motifs is 1. The summed E-state index contributed by atoms with van der Waals surface area (Å²) in [5.41, 5.74) is 1.57. The van der Waals surface area contributed by atoms with Gasteiger partial charge in [0.2, 0.25) is 5.91 Å². The molecule has 0 aliphatic carbocycles. The normalized spacial score (nSPS) is 27.2. The summed E-state index contributed by atoms with van der Waals surface area (Å²) < 4.78 is 5.62. The van der Waals surface area contributed by atoms with E-state index in [1.807, 2.05) is 34.6 Å². The van der Waals surface area contributed by atoms with Gasteiger partial charge in [-0.1, -0.05) is 19.1 Å². The van der Waals surface area contributed by atoms with Crippen LogP contribution in [-0.4, -0.2) is 77.7 Å². The molecule has 8 heteroatoms. The van der Waals surface area contributed by atoms with Crippen LogP contribution >= 0.6 is 0 Å². The Morgan fingerprint density at radius 1 is 1.11 bits per heavy atom. The van der Waals surface area contributed by atoms with Gasteiger partial charge in [-0.25, -0.2) is 4.79 Å². The molecule has 37 heavy (non-hydrogen) atoms. The highest BCUT2D eigenvalue weighted by Crippen LogP contribution is 2.30. The van der Waals surface area contributed by atoms with Gasteiger partial charge in [0.25, 0.3) is 0 Å². The minimum atomic E-state index is -0.676. The molecule has 3 heterocycles. The van der Waals surface area contributed by atoms with E-state index in [0.29, 0.717) is 12.5 Å². The molecule has 3 aliphatic rings. The molecule has 0 saturated carbocycles. The molecule has 1 unspecified atom stereocenters. The quantitative estimate of drug-likeness (QED) is 0.647. The minimum Gasteiger partial charge on any atom is -0.444 e. The van der Waals surface area contributed by atoms with Gasteiger partial charge < -0.3 is 15.0 Å². The van der Waals surface area contributed by atoms with Crippen molar-refractivity contribution >= 4 is 17.7 Å². The summed E-state index contributed by atoms with van der Waals surface area (Å²) in [5.74, 6) is -0.315. The Balaban J connectivity index is 1.39. The minimum absolute atomic E-state index is 0.0253. The van der Waals surface area contributed by atoms with Gasteiger partial charge in [-0.2, -0.15) is 5.26 Å². The van der Waals surface area contributed by atoms with E-state index in [1.54, 1.807) is 4.90 Å².